The summed E-state index contributed by atoms with van der Waals surface area (Å²) in [6, 6.07) is 14.8. The molecule has 0 bridgehead atoms. The lowest BCUT2D eigenvalue weighted by Crippen LogP contribution is -2.44. The van der Waals surface area contributed by atoms with Crippen molar-refractivity contribution >= 4 is 28.5 Å². The molecule has 34 heavy (non-hydrogen) atoms. The number of pyridine rings is 1. The minimum atomic E-state index is -0.261. The van der Waals surface area contributed by atoms with Crippen LogP contribution in [0.25, 0.3) is 16.6 Å². The summed E-state index contributed by atoms with van der Waals surface area (Å²) in [4.78, 5) is 25.7. The Labute approximate surface area is 203 Å². The van der Waals surface area contributed by atoms with E-state index < -0.39 is 0 Å². The largest absolute Gasteiger partial charge is 0.353 e. The van der Waals surface area contributed by atoms with E-state index in [1.807, 2.05) is 34.9 Å². The number of methoxy groups -OCH3 is 1. The van der Waals surface area contributed by atoms with Gasteiger partial charge in [0.05, 0.1) is 5.52 Å². The number of carbonyl (C=O) groups is 1. The second kappa shape index (κ2) is 9.78. The summed E-state index contributed by atoms with van der Waals surface area (Å²) >= 11 is 6.22. The standard InChI is InChI=1S/C26H28ClN3O4/c1-33-25-24(34-25)16-7-10-19(11-8-16)29-26(32)28-14-17-15-30(20-5-3-2-4-6-20)22-13-18(27)9-12-21(22)23(17)31/h2-6,9,12-13,15-16,19,24-25H,7-8,10-11,14H2,1H3,(H2,28,29,32). The fourth-order valence-electron chi connectivity index (χ4n) is 4.92. The van der Waals surface area contributed by atoms with Crippen molar-refractivity contribution < 1.29 is 14.3 Å². The Kier molecular flexibility index (Phi) is 6.59. The number of hydrogen-bond acceptors (Lipinski definition) is 4. The predicted molar refractivity (Wildman–Crippen MR) is 131 cm³/mol. The molecule has 7 nitrogen and oxygen atoms in total. The molecule has 2 unspecified atom stereocenters. The molecule has 2 aromatic carbocycles. The number of urea groups is 1. The number of nitrogens with zero attached hydrogens (tertiary/aromatic N) is 1. The van der Waals surface area contributed by atoms with Crippen molar-refractivity contribution in [2.24, 2.45) is 5.92 Å². The zero-order valence-corrected chi connectivity index (χ0v) is 19.8. The minimum absolute atomic E-state index is 0.0595. The van der Waals surface area contributed by atoms with Gasteiger partial charge in [0.25, 0.3) is 0 Å². The molecular weight excluding hydrogens is 454 g/mol. The van der Waals surface area contributed by atoms with Crippen molar-refractivity contribution in [1.82, 2.24) is 15.2 Å². The molecule has 8 heteroatoms. The Bertz CT molecular complexity index is 1240. The van der Waals surface area contributed by atoms with Crippen molar-refractivity contribution in [2.45, 2.75) is 50.7 Å². The molecule has 2 fully saturated rings. The number of hydrogen-bond donors (Lipinski definition) is 2. The minimum Gasteiger partial charge on any atom is -0.353 e. The van der Waals surface area contributed by atoms with Crippen LogP contribution >= 0.6 is 11.6 Å². The van der Waals surface area contributed by atoms with E-state index in [0.717, 1.165) is 36.9 Å². The number of fused-ring (bicyclic) bond motifs is 1. The van der Waals surface area contributed by atoms with E-state index in [1.54, 1.807) is 31.5 Å². The van der Waals surface area contributed by atoms with Crippen molar-refractivity contribution in [3.8, 4) is 5.69 Å². The van der Waals surface area contributed by atoms with Gasteiger partial charge >= 0.3 is 6.03 Å². The van der Waals surface area contributed by atoms with Crippen molar-refractivity contribution in [2.75, 3.05) is 7.11 Å². The quantitative estimate of drug-likeness (QED) is 0.512. The molecule has 178 valence electrons. The number of ether oxygens (including phenoxy) is 2. The molecule has 1 saturated heterocycles. The number of rotatable bonds is 6. The molecule has 1 aromatic heterocycles. The Morgan fingerprint density at radius 1 is 1.15 bits per heavy atom. The average molecular weight is 482 g/mol. The van der Waals surface area contributed by atoms with Crippen LogP contribution in [-0.2, 0) is 16.0 Å². The van der Waals surface area contributed by atoms with Crippen LogP contribution in [0.5, 0.6) is 0 Å². The highest BCUT2D eigenvalue weighted by molar-refractivity contribution is 6.31. The van der Waals surface area contributed by atoms with E-state index in [-0.39, 0.29) is 36.4 Å². The van der Waals surface area contributed by atoms with Gasteiger partial charge in [-0.3, -0.25) is 4.79 Å². The monoisotopic (exact) mass is 481 g/mol. The van der Waals surface area contributed by atoms with E-state index >= 15 is 0 Å². The molecule has 1 aliphatic carbocycles. The van der Waals surface area contributed by atoms with Gasteiger partial charge < -0.3 is 24.7 Å². The van der Waals surface area contributed by atoms with Gasteiger partial charge in [0.2, 0.25) is 0 Å². The normalized spacial score (nSPS) is 24.1. The first kappa shape index (κ1) is 22.9. The summed E-state index contributed by atoms with van der Waals surface area (Å²) in [6.45, 7) is 0.136. The molecule has 2 heterocycles. The fourth-order valence-corrected chi connectivity index (χ4v) is 5.08. The molecule has 1 aliphatic heterocycles. The molecular formula is C26H28ClN3O4. The molecule has 0 radical (unpaired) electrons. The average Bonchev–Trinajstić information content (AvgIpc) is 3.65. The lowest BCUT2D eigenvalue weighted by molar-refractivity contribution is 0.0950. The van der Waals surface area contributed by atoms with Gasteiger partial charge in [-0.1, -0.05) is 29.8 Å². The Hall–Kier alpha value is -2.87. The predicted octanol–water partition coefficient (Wildman–Crippen LogP) is 4.37. The third-order valence-corrected chi connectivity index (χ3v) is 7.04. The fraction of sp³-hybridized carbons (Fsp3) is 0.385. The van der Waals surface area contributed by atoms with E-state index in [4.69, 9.17) is 21.1 Å². The highest BCUT2D eigenvalue weighted by Crippen LogP contribution is 2.38. The number of epoxide rings is 1. The topological polar surface area (TPSA) is 84.9 Å². The van der Waals surface area contributed by atoms with E-state index in [2.05, 4.69) is 10.6 Å². The van der Waals surface area contributed by atoms with Crippen LogP contribution in [0.2, 0.25) is 5.02 Å². The summed E-state index contributed by atoms with van der Waals surface area (Å²) in [7, 11) is 1.67. The van der Waals surface area contributed by atoms with Gasteiger partial charge in [-0.05, 0) is 61.9 Å². The van der Waals surface area contributed by atoms with E-state index in [9.17, 15) is 9.59 Å². The lowest BCUT2D eigenvalue weighted by Gasteiger charge is -2.28. The molecule has 2 N–H and O–H groups in total. The van der Waals surface area contributed by atoms with Crippen molar-refractivity contribution in [3.05, 3.63) is 75.5 Å². The summed E-state index contributed by atoms with van der Waals surface area (Å²) in [5.41, 5.74) is 2.03. The maximum Gasteiger partial charge on any atom is 0.315 e. The second-order valence-corrected chi connectivity index (χ2v) is 9.43. The Balaban J connectivity index is 1.26. The van der Waals surface area contributed by atoms with Gasteiger partial charge in [0.15, 0.2) is 11.7 Å². The number of halogens is 1. The number of benzene rings is 2. The lowest BCUT2D eigenvalue weighted by atomic mass is 9.84. The zero-order chi connectivity index (χ0) is 23.7. The number of para-hydroxylation sites is 1. The molecule has 2 aliphatic rings. The second-order valence-electron chi connectivity index (χ2n) is 8.99. The Morgan fingerprint density at radius 2 is 1.91 bits per heavy atom. The van der Waals surface area contributed by atoms with E-state index in [1.165, 1.54) is 0 Å². The first-order chi connectivity index (χ1) is 16.5. The molecule has 2 amide bonds. The molecule has 5 rings (SSSR count). The van der Waals surface area contributed by atoms with E-state index in [0.29, 0.717) is 21.9 Å². The maximum absolute atomic E-state index is 13.1. The van der Waals surface area contributed by atoms with Crippen LogP contribution in [0.4, 0.5) is 4.79 Å². The van der Waals surface area contributed by atoms with Crippen molar-refractivity contribution in [1.29, 1.82) is 0 Å². The van der Waals surface area contributed by atoms with Gasteiger partial charge in [0.1, 0.15) is 6.10 Å². The third kappa shape index (κ3) is 4.82. The van der Waals surface area contributed by atoms with Crippen LogP contribution in [-0.4, -0.2) is 36.1 Å². The van der Waals surface area contributed by atoms with Gasteiger partial charge in [-0.15, -0.1) is 0 Å². The number of carbonyl (C=O) groups excluding carboxylic acids is 1. The zero-order valence-electron chi connectivity index (χ0n) is 19.0. The molecule has 2 atom stereocenters. The highest BCUT2D eigenvalue weighted by atomic mass is 35.5. The van der Waals surface area contributed by atoms with Crippen LogP contribution in [0.1, 0.15) is 31.2 Å². The highest BCUT2D eigenvalue weighted by Gasteiger charge is 2.46. The number of nitrogens with one attached hydrogen (secondary N) is 2. The first-order valence-electron chi connectivity index (χ1n) is 11.7. The summed E-state index contributed by atoms with van der Waals surface area (Å²) in [5.74, 6) is 0.494. The Morgan fingerprint density at radius 3 is 2.62 bits per heavy atom. The van der Waals surface area contributed by atoms with Gasteiger partial charge in [-0.2, -0.15) is 0 Å². The van der Waals surface area contributed by atoms with Crippen LogP contribution < -0.4 is 16.1 Å². The molecule has 0 spiro atoms. The van der Waals surface area contributed by atoms with Crippen LogP contribution in [0.3, 0.4) is 0 Å². The van der Waals surface area contributed by atoms with Crippen molar-refractivity contribution in [3.63, 3.8) is 0 Å². The van der Waals surface area contributed by atoms with Crippen LogP contribution in [0.15, 0.2) is 59.5 Å². The summed E-state index contributed by atoms with van der Waals surface area (Å²) in [6.07, 6.45) is 5.75. The summed E-state index contributed by atoms with van der Waals surface area (Å²) in [5, 5.41) is 7.04. The first-order valence-corrected chi connectivity index (χ1v) is 12.0. The molecule has 3 aromatic rings. The third-order valence-electron chi connectivity index (χ3n) is 6.80. The molecule has 1 saturated carbocycles. The van der Waals surface area contributed by atoms with Gasteiger partial charge in [0, 0.05) is 47.6 Å². The van der Waals surface area contributed by atoms with Gasteiger partial charge in [-0.25, -0.2) is 4.79 Å². The maximum atomic E-state index is 13.1. The number of amides is 2. The smallest absolute Gasteiger partial charge is 0.315 e. The van der Waals surface area contributed by atoms with Crippen LogP contribution in [0, 0.1) is 5.92 Å². The summed E-state index contributed by atoms with van der Waals surface area (Å²) < 4.78 is 12.7. The number of aromatic nitrogens is 1. The SMILES string of the molecule is COC1OC1C1CCC(NC(=O)NCc2cn(-c3ccccc3)c3cc(Cl)ccc3c2=O)CC1.